The lowest BCUT2D eigenvalue weighted by atomic mass is 9.76. The molecule has 23 heavy (non-hydrogen) atoms. The van der Waals surface area contributed by atoms with Gasteiger partial charge in [0.2, 0.25) is 5.91 Å². The molecule has 2 atom stereocenters. The van der Waals surface area contributed by atoms with E-state index in [0.29, 0.717) is 28.4 Å². The summed E-state index contributed by atoms with van der Waals surface area (Å²) >= 11 is 1.87. The van der Waals surface area contributed by atoms with Crippen LogP contribution in [0, 0.1) is 11.3 Å². The molecule has 0 aromatic heterocycles. The second-order valence-corrected chi connectivity index (χ2v) is 9.06. The Bertz CT molecular complexity index is 429. The van der Waals surface area contributed by atoms with Gasteiger partial charge in [0.25, 0.3) is 0 Å². The van der Waals surface area contributed by atoms with E-state index in [1.54, 1.807) is 0 Å². The first kappa shape index (κ1) is 18.9. The van der Waals surface area contributed by atoms with Gasteiger partial charge in [-0.3, -0.25) is 4.79 Å². The van der Waals surface area contributed by atoms with Gasteiger partial charge in [-0.15, -0.1) is 11.8 Å². The molecular weight excluding hydrogens is 302 g/mol. The van der Waals surface area contributed by atoms with E-state index in [1.807, 2.05) is 11.8 Å². The number of carbonyl (C=O) groups is 1. The molecule has 2 aliphatic rings. The Morgan fingerprint density at radius 1 is 1.22 bits per heavy atom. The number of carbonyl (C=O) groups excluding carboxylic acids is 1. The van der Waals surface area contributed by atoms with Crippen LogP contribution in [-0.4, -0.2) is 28.5 Å². The van der Waals surface area contributed by atoms with Gasteiger partial charge < -0.3 is 4.90 Å². The first-order chi connectivity index (χ1) is 11.0. The van der Waals surface area contributed by atoms with Crippen molar-refractivity contribution < 1.29 is 4.79 Å². The van der Waals surface area contributed by atoms with Gasteiger partial charge in [-0.25, -0.2) is 0 Å². The van der Waals surface area contributed by atoms with Crippen molar-refractivity contribution in [2.45, 2.75) is 84.4 Å². The fourth-order valence-corrected chi connectivity index (χ4v) is 5.13. The fraction of sp³-hybridized carbons (Fsp3) is 0.850. The Balaban J connectivity index is 1.78. The smallest absolute Gasteiger partial charge is 0.233 e. The number of allylic oxidation sites excluding steroid dienone is 2. The molecule has 0 bridgehead atoms. The minimum Gasteiger partial charge on any atom is -0.330 e. The summed E-state index contributed by atoms with van der Waals surface area (Å²) in [6, 6.07) is 0. The lowest BCUT2D eigenvalue weighted by Crippen LogP contribution is -2.36. The molecule has 2 nitrogen and oxygen atoms in total. The van der Waals surface area contributed by atoms with Gasteiger partial charge in [0.05, 0.1) is 11.1 Å². The number of nitrogens with zero attached hydrogens (tertiary/aromatic N) is 1. The van der Waals surface area contributed by atoms with Crippen molar-refractivity contribution in [2.24, 2.45) is 11.3 Å². The van der Waals surface area contributed by atoms with Crippen LogP contribution in [0.15, 0.2) is 11.6 Å². The molecule has 1 aliphatic heterocycles. The van der Waals surface area contributed by atoms with Crippen LogP contribution in [0.5, 0.6) is 0 Å². The van der Waals surface area contributed by atoms with Gasteiger partial charge >= 0.3 is 0 Å². The summed E-state index contributed by atoms with van der Waals surface area (Å²) in [5.41, 5.74) is 1.83. The molecule has 1 fully saturated rings. The first-order valence-corrected chi connectivity index (χ1v) is 10.6. The summed E-state index contributed by atoms with van der Waals surface area (Å²) < 4.78 is 0. The Morgan fingerprint density at radius 3 is 2.57 bits per heavy atom. The van der Waals surface area contributed by atoms with Crippen molar-refractivity contribution in [3.63, 3.8) is 0 Å². The van der Waals surface area contributed by atoms with Gasteiger partial charge in [-0.05, 0) is 37.5 Å². The number of thioether (sulfide) groups is 1. The van der Waals surface area contributed by atoms with Crippen LogP contribution < -0.4 is 0 Å². The molecule has 1 unspecified atom stereocenters. The number of hydrogen-bond donors (Lipinski definition) is 0. The lowest BCUT2D eigenvalue weighted by Gasteiger charge is -2.34. The van der Waals surface area contributed by atoms with Crippen molar-refractivity contribution in [2.75, 3.05) is 12.3 Å². The SMILES string of the molecule is CCCCCCCCN1C(=O)CSC1C[C@@H]1CC=C(C)C1(C)C. The molecule has 0 aromatic carbocycles. The summed E-state index contributed by atoms with van der Waals surface area (Å²) in [6.07, 6.45) is 12.5. The molecular formula is C20H35NOS. The molecule has 0 N–H and O–H groups in total. The largest absolute Gasteiger partial charge is 0.330 e. The topological polar surface area (TPSA) is 20.3 Å². The summed E-state index contributed by atoms with van der Waals surface area (Å²) in [4.78, 5) is 14.4. The number of amides is 1. The Morgan fingerprint density at radius 2 is 1.91 bits per heavy atom. The quantitative estimate of drug-likeness (QED) is 0.401. The number of rotatable bonds is 9. The van der Waals surface area contributed by atoms with Gasteiger partial charge in [-0.1, -0.05) is 64.5 Å². The Kier molecular flexibility index (Phi) is 7.06. The average molecular weight is 338 g/mol. The number of hydrogen-bond acceptors (Lipinski definition) is 2. The molecule has 1 amide bonds. The van der Waals surface area contributed by atoms with E-state index in [4.69, 9.17) is 0 Å². The highest BCUT2D eigenvalue weighted by Gasteiger charge is 2.40. The zero-order valence-corrected chi connectivity index (χ0v) is 16.4. The predicted molar refractivity (Wildman–Crippen MR) is 102 cm³/mol. The summed E-state index contributed by atoms with van der Waals surface area (Å²) in [6.45, 7) is 10.2. The Labute approximate surface area is 147 Å². The van der Waals surface area contributed by atoms with Crippen LogP contribution in [0.3, 0.4) is 0 Å². The molecule has 0 saturated carbocycles. The summed E-state index contributed by atoms with van der Waals surface area (Å²) in [7, 11) is 0. The average Bonchev–Trinajstić information content (AvgIpc) is 2.98. The zero-order chi connectivity index (χ0) is 16.9. The normalized spacial score (nSPS) is 26.9. The standard InChI is InChI=1S/C20H35NOS/c1-5-6-7-8-9-10-13-21-18(22)15-23-19(21)14-17-12-11-16(2)20(17,3)4/h11,17,19H,5-10,12-15H2,1-4H3/t17-,19?/m0/s1. The molecule has 132 valence electrons. The lowest BCUT2D eigenvalue weighted by molar-refractivity contribution is -0.128. The highest BCUT2D eigenvalue weighted by Crippen LogP contribution is 2.47. The van der Waals surface area contributed by atoms with E-state index in [2.05, 4.69) is 38.7 Å². The second kappa shape index (κ2) is 8.60. The molecule has 1 heterocycles. The molecule has 0 spiro atoms. The van der Waals surface area contributed by atoms with Crippen molar-refractivity contribution in [1.82, 2.24) is 4.90 Å². The van der Waals surface area contributed by atoms with E-state index in [0.717, 1.165) is 13.0 Å². The maximum absolute atomic E-state index is 12.2. The van der Waals surface area contributed by atoms with Crippen molar-refractivity contribution in [3.05, 3.63) is 11.6 Å². The monoisotopic (exact) mass is 337 g/mol. The highest BCUT2D eigenvalue weighted by molar-refractivity contribution is 8.00. The summed E-state index contributed by atoms with van der Waals surface area (Å²) in [5, 5.41) is 0.418. The van der Waals surface area contributed by atoms with E-state index in [9.17, 15) is 4.79 Å². The van der Waals surface area contributed by atoms with Gasteiger partial charge in [0, 0.05) is 6.54 Å². The zero-order valence-electron chi connectivity index (χ0n) is 15.6. The van der Waals surface area contributed by atoms with Crippen molar-refractivity contribution in [1.29, 1.82) is 0 Å². The maximum Gasteiger partial charge on any atom is 0.233 e. The molecule has 0 radical (unpaired) electrons. The maximum atomic E-state index is 12.2. The van der Waals surface area contributed by atoms with Crippen molar-refractivity contribution >= 4 is 17.7 Å². The van der Waals surface area contributed by atoms with E-state index >= 15 is 0 Å². The minimum atomic E-state index is 0.304. The van der Waals surface area contributed by atoms with E-state index < -0.39 is 0 Å². The fourth-order valence-electron chi connectivity index (χ4n) is 3.86. The van der Waals surface area contributed by atoms with Crippen LogP contribution in [0.4, 0.5) is 0 Å². The second-order valence-electron chi connectivity index (χ2n) is 7.90. The highest BCUT2D eigenvalue weighted by atomic mass is 32.2. The van der Waals surface area contributed by atoms with Gasteiger partial charge in [0.1, 0.15) is 0 Å². The Hall–Kier alpha value is -0.440. The molecule has 2 rings (SSSR count). The third-order valence-corrected chi connectivity index (χ3v) is 7.30. The molecule has 3 heteroatoms. The third kappa shape index (κ3) is 4.78. The summed E-state index contributed by atoms with van der Waals surface area (Å²) in [5.74, 6) is 1.76. The predicted octanol–water partition coefficient (Wildman–Crippen LogP) is 5.63. The van der Waals surface area contributed by atoms with Crippen LogP contribution >= 0.6 is 11.8 Å². The molecule has 0 aromatic rings. The molecule has 1 saturated heterocycles. The van der Waals surface area contributed by atoms with Gasteiger partial charge in [-0.2, -0.15) is 0 Å². The van der Waals surface area contributed by atoms with E-state index in [-0.39, 0.29) is 0 Å². The van der Waals surface area contributed by atoms with Crippen LogP contribution in [0.1, 0.15) is 79.1 Å². The minimum absolute atomic E-state index is 0.304. The first-order valence-electron chi connectivity index (χ1n) is 9.55. The molecule has 1 aliphatic carbocycles. The van der Waals surface area contributed by atoms with Gasteiger partial charge in [0.15, 0.2) is 0 Å². The van der Waals surface area contributed by atoms with Crippen LogP contribution in [-0.2, 0) is 4.79 Å². The third-order valence-electron chi connectivity index (χ3n) is 6.05. The van der Waals surface area contributed by atoms with Crippen LogP contribution in [0.25, 0.3) is 0 Å². The van der Waals surface area contributed by atoms with Crippen LogP contribution in [0.2, 0.25) is 0 Å². The number of unbranched alkanes of at least 4 members (excludes halogenated alkanes) is 5. The van der Waals surface area contributed by atoms with E-state index in [1.165, 1.54) is 50.5 Å². The van der Waals surface area contributed by atoms with Crippen molar-refractivity contribution in [3.8, 4) is 0 Å².